The lowest BCUT2D eigenvalue weighted by Crippen LogP contribution is -2.35. The second-order valence-electron chi connectivity index (χ2n) is 6.38. The van der Waals surface area contributed by atoms with Crippen LogP contribution in [-0.2, 0) is 6.54 Å². The second kappa shape index (κ2) is 8.00. The maximum absolute atomic E-state index is 6.26. The number of anilines is 1. The Morgan fingerprint density at radius 3 is 2.71 bits per heavy atom. The first kappa shape index (κ1) is 16.6. The van der Waals surface area contributed by atoms with Gasteiger partial charge in [-0.2, -0.15) is 0 Å². The van der Waals surface area contributed by atoms with E-state index >= 15 is 0 Å². The highest BCUT2D eigenvalue weighted by molar-refractivity contribution is 6.31. The van der Waals surface area contributed by atoms with E-state index in [4.69, 9.17) is 11.6 Å². The van der Waals surface area contributed by atoms with E-state index in [0.717, 1.165) is 60.8 Å². The zero-order valence-corrected chi connectivity index (χ0v) is 14.3. The predicted octanol–water partition coefficient (Wildman–Crippen LogP) is 4.11. The molecule has 2 heterocycles. The fourth-order valence-corrected chi connectivity index (χ4v) is 3.14. The molecule has 1 aliphatic rings. The number of nitrogens with zero attached hydrogens (tertiary/aromatic N) is 2. The van der Waals surface area contributed by atoms with Gasteiger partial charge in [-0.25, -0.2) is 4.98 Å². The molecule has 1 N–H and O–H groups in total. The molecule has 0 spiro atoms. The summed E-state index contributed by atoms with van der Waals surface area (Å²) in [5.41, 5.74) is 1.15. The van der Waals surface area contributed by atoms with Crippen LogP contribution in [0.3, 0.4) is 0 Å². The Kier molecular flexibility index (Phi) is 6.31. The van der Waals surface area contributed by atoms with Crippen molar-refractivity contribution in [3.63, 3.8) is 0 Å². The summed E-state index contributed by atoms with van der Waals surface area (Å²) in [5, 5.41) is 4.18. The molecule has 0 aromatic carbocycles. The van der Waals surface area contributed by atoms with Crippen molar-refractivity contribution in [2.45, 2.75) is 46.6 Å². The van der Waals surface area contributed by atoms with Crippen molar-refractivity contribution in [2.24, 2.45) is 11.8 Å². The van der Waals surface area contributed by atoms with Gasteiger partial charge in [0.15, 0.2) is 0 Å². The van der Waals surface area contributed by atoms with Crippen LogP contribution < -0.4 is 10.2 Å². The number of nitrogens with one attached hydrogen (secondary N) is 1. The van der Waals surface area contributed by atoms with E-state index in [-0.39, 0.29) is 0 Å². The lowest BCUT2D eigenvalue weighted by atomic mass is 9.87. The van der Waals surface area contributed by atoms with Crippen LogP contribution in [0.15, 0.2) is 12.3 Å². The molecule has 0 saturated carbocycles. The Labute approximate surface area is 134 Å². The quantitative estimate of drug-likeness (QED) is 0.802. The minimum absolute atomic E-state index is 0.763. The van der Waals surface area contributed by atoms with Gasteiger partial charge in [0.1, 0.15) is 5.82 Å². The van der Waals surface area contributed by atoms with Gasteiger partial charge in [0.25, 0.3) is 0 Å². The lowest BCUT2D eigenvalue weighted by molar-refractivity contribution is 0.310. The SMILES string of the molecule is CCCNCc1cc(N2CCC(C(C)C)CC2)ncc1Cl. The standard InChI is InChI=1S/C17H28ClN3/c1-4-7-19-11-15-10-17(20-12-16(15)18)21-8-5-14(6-9-21)13(2)3/h10,12-14,19H,4-9,11H2,1-3H3. The third kappa shape index (κ3) is 4.58. The van der Waals surface area contributed by atoms with Crippen LogP contribution in [0.1, 0.15) is 45.6 Å². The van der Waals surface area contributed by atoms with Crippen LogP contribution >= 0.6 is 11.6 Å². The van der Waals surface area contributed by atoms with E-state index in [9.17, 15) is 0 Å². The van der Waals surface area contributed by atoms with Crippen molar-refractivity contribution in [3.05, 3.63) is 22.8 Å². The zero-order valence-electron chi connectivity index (χ0n) is 13.5. The second-order valence-corrected chi connectivity index (χ2v) is 6.79. The van der Waals surface area contributed by atoms with E-state index < -0.39 is 0 Å². The van der Waals surface area contributed by atoms with Crippen LogP contribution in [0, 0.1) is 11.8 Å². The summed E-state index contributed by atoms with van der Waals surface area (Å²) in [6.07, 6.45) is 5.48. The molecule has 2 rings (SSSR count). The summed E-state index contributed by atoms with van der Waals surface area (Å²) in [6, 6.07) is 2.15. The number of hydrogen-bond acceptors (Lipinski definition) is 3. The minimum Gasteiger partial charge on any atom is -0.357 e. The number of aromatic nitrogens is 1. The summed E-state index contributed by atoms with van der Waals surface area (Å²) < 4.78 is 0. The van der Waals surface area contributed by atoms with Crippen LogP contribution in [-0.4, -0.2) is 24.6 Å². The maximum atomic E-state index is 6.26. The van der Waals surface area contributed by atoms with E-state index in [1.165, 1.54) is 12.8 Å². The third-order valence-electron chi connectivity index (χ3n) is 4.47. The molecule has 0 bridgehead atoms. The summed E-state index contributed by atoms with van der Waals surface area (Å²) in [7, 11) is 0. The first-order chi connectivity index (χ1) is 10.1. The fourth-order valence-electron chi connectivity index (χ4n) is 2.97. The molecule has 0 amide bonds. The van der Waals surface area contributed by atoms with Crippen LogP contribution in [0.5, 0.6) is 0 Å². The Bertz CT molecular complexity index is 440. The van der Waals surface area contributed by atoms with E-state index in [2.05, 4.69) is 42.0 Å². The lowest BCUT2D eigenvalue weighted by Gasteiger charge is -2.34. The highest BCUT2D eigenvalue weighted by atomic mass is 35.5. The molecular weight excluding hydrogens is 282 g/mol. The van der Waals surface area contributed by atoms with Crippen LogP contribution in [0.2, 0.25) is 5.02 Å². The van der Waals surface area contributed by atoms with E-state index in [0.29, 0.717) is 0 Å². The first-order valence-corrected chi connectivity index (χ1v) is 8.59. The normalized spacial score (nSPS) is 16.7. The molecule has 0 aliphatic carbocycles. The van der Waals surface area contributed by atoms with Gasteiger partial charge in [-0.15, -0.1) is 0 Å². The molecule has 1 fully saturated rings. The number of halogens is 1. The number of rotatable bonds is 6. The highest BCUT2D eigenvalue weighted by Crippen LogP contribution is 2.28. The van der Waals surface area contributed by atoms with Crippen molar-refractivity contribution in [2.75, 3.05) is 24.5 Å². The number of piperidine rings is 1. The highest BCUT2D eigenvalue weighted by Gasteiger charge is 2.22. The Hall–Kier alpha value is -0.800. The zero-order chi connectivity index (χ0) is 15.2. The number of hydrogen-bond donors (Lipinski definition) is 1. The predicted molar refractivity (Wildman–Crippen MR) is 91.0 cm³/mol. The molecule has 1 saturated heterocycles. The maximum Gasteiger partial charge on any atom is 0.128 e. The summed E-state index contributed by atoms with van der Waals surface area (Å²) in [6.45, 7) is 10.9. The van der Waals surface area contributed by atoms with Gasteiger partial charge < -0.3 is 10.2 Å². The molecule has 3 nitrogen and oxygen atoms in total. The van der Waals surface area contributed by atoms with Crippen molar-refractivity contribution in [1.82, 2.24) is 10.3 Å². The third-order valence-corrected chi connectivity index (χ3v) is 4.81. The average molecular weight is 310 g/mol. The molecule has 1 aromatic rings. The molecule has 1 aromatic heterocycles. The molecule has 4 heteroatoms. The summed E-state index contributed by atoms with van der Waals surface area (Å²) in [4.78, 5) is 6.93. The van der Waals surface area contributed by atoms with Crippen molar-refractivity contribution >= 4 is 17.4 Å². The Morgan fingerprint density at radius 1 is 1.38 bits per heavy atom. The van der Waals surface area contributed by atoms with Crippen molar-refractivity contribution < 1.29 is 0 Å². The molecule has 118 valence electrons. The largest absolute Gasteiger partial charge is 0.357 e. The number of pyridine rings is 1. The Balaban J connectivity index is 1.99. The van der Waals surface area contributed by atoms with Crippen LogP contribution in [0.4, 0.5) is 5.82 Å². The van der Waals surface area contributed by atoms with Gasteiger partial charge in [0, 0.05) is 25.8 Å². The minimum atomic E-state index is 0.763. The van der Waals surface area contributed by atoms with Gasteiger partial charge >= 0.3 is 0 Å². The molecule has 0 atom stereocenters. The van der Waals surface area contributed by atoms with E-state index in [1.807, 2.05) is 0 Å². The summed E-state index contributed by atoms with van der Waals surface area (Å²) in [5.74, 6) is 2.73. The summed E-state index contributed by atoms with van der Waals surface area (Å²) >= 11 is 6.26. The van der Waals surface area contributed by atoms with E-state index in [1.54, 1.807) is 6.20 Å². The van der Waals surface area contributed by atoms with Gasteiger partial charge in [0.2, 0.25) is 0 Å². The fraction of sp³-hybridized carbons (Fsp3) is 0.706. The van der Waals surface area contributed by atoms with Crippen molar-refractivity contribution in [3.8, 4) is 0 Å². The van der Waals surface area contributed by atoms with Gasteiger partial charge in [-0.3, -0.25) is 0 Å². The van der Waals surface area contributed by atoms with Crippen molar-refractivity contribution in [1.29, 1.82) is 0 Å². The molecule has 0 radical (unpaired) electrons. The monoisotopic (exact) mass is 309 g/mol. The molecule has 21 heavy (non-hydrogen) atoms. The van der Waals surface area contributed by atoms with Gasteiger partial charge in [-0.1, -0.05) is 32.4 Å². The Morgan fingerprint density at radius 2 is 2.10 bits per heavy atom. The van der Waals surface area contributed by atoms with Gasteiger partial charge in [0.05, 0.1) is 5.02 Å². The van der Waals surface area contributed by atoms with Gasteiger partial charge in [-0.05, 0) is 49.3 Å². The first-order valence-electron chi connectivity index (χ1n) is 8.22. The average Bonchev–Trinajstić information content (AvgIpc) is 2.49. The molecule has 1 aliphatic heterocycles. The van der Waals surface area contributed by atoms with Crippen LogP contribution in [0.25, 0.3) is 0 Å². The topological polar surface area (TPSA) is 28.2 Å². The molecular formula is C17H28ClN3. The smallest absolute Gasteiger partial charge is 0.128 e. The molecule has 0 unspecified atom stereocenters.